The fourth-order valence-electron chi connectivity index (χ4n) is 2.43. The second-order valence-electron chi connectivity index (χ2n) is 5.83. The number of esters is 1. The van der Waals surface area contributed by atoms with Crippen LogP contribution in [0.1, 0.15) is 77.6 Å². The molecule has 2 heteroatoms. The van der Waals surface area contributed by atoms with E-state index in [1.807, 2.05) is 0 Å². The van der Waals surface area contributed by atoms with Gasteiger partial charge < -0.3 is 4.74 Å². The average molecular weight is 266 g/mol. The molecule has 1 heterocycles. The van der Waals surface area contributed by atoms with Gasteiger partial charge in [-0.25, -0.2) is 0 Å². The molecular weight excluding hydrogens is 236 g/mol. The molecule has 0 aromatic carbocycles. The molecule has 0 aliphatic carbocycles. The van der Waals surface area contributed by atoms with Crippen molar-refractivity contribution in [1.82, 2.24) is 0 Å². The maximum Gasteiger partial charge on any atom is 0.305 e. The molecular formula is C17H30O2. The van der Waals surface area contributed by atoms with Crippen molar-refractivity contribution >= 4 is 5.97 Å². The Kier molecular flexibility index (Phi) is 9.48. The van der Waals surface area contributed by atoms with E-state index in [2.05, 4.69) is 19.1 Å². The van der Waals surface area contributed by atoms with Crippen LogP contribution in [0.3, 0.4) is 0 Å². The molecule has 1 atom stereocenters. The smallest absolute Gasteiger partial charge is 0.305 e. The normalized spacial score (nSPS) is 27.2. The van der Waals surface area contributed by atoms with Gasteiger partial charge in [-0.15, -0.1) is 0 Å². The number of rotatable bonds is 0. The largest absolute Gasteiger partial charge is 0.466 e. The Hall–Kier alpha value is -0.790. The highest BCUT2D eigenvalue weighted by Crippen LogP contribution is 2.13. The van der Waals surface area contributed by atoms with Crippen molar-refractivity contribution in [1.29, 1.82) is 0 Å². The first-order chi connectivity index (χ1) is 9.29. The molecule has 0 radical (unpaired) electrons. The van der Waals surface area contributed by atoms with Gasteiger partial charge in [-0.05, 0) is 38.0 Å². The van der Waals surface area contributed by atoms with Gasteiger partial charge in [0, 0.05) is 6.42 Å². The van der Waals surface area contributed by atoms with E-state index < -0.39 is 0 Å². The Bertz CT molecular complexity index is 258. The highest BCUT2D eigenvalue weighted by Gasteiger charge is 2.05. The predicted molar refractivity (Wildman–Crippen MR) is 80.1 cm³/mol. The zero-order valence-corrected chi connectivity index (χ0v) is 12.5. The molecule has 0 fully saturated rings. The number of carbonyl (C=O) groups excluding carboxylic acids is 1. The van der Waals surface area contributed by atoms with Crippen LogP contribution in [-0.4, -0.2) is 12.6 Å². The number of hydrogen-bond acceptors (Lipinski definition) is 2. The first-order valence-electron chi connectivity index (χ1n) is 8.09. The van der Waals surface area contributed by atoms with Crippen molar-refractivity contribution in [3.05, 3.63) is 12.2 Å². The van der Waals surface area contributed by atoms with Crippen LogP contribution in [0.5, 0.6) is 0 Å². The third-order valence-corrected chi connectivity index (χ3v) is 3.83. The minimum absolute atomic E-state index is 0.00735. The fraction of sp³-hybridized carbons (Fsp3) is 0.824. The summed E-state index contributed by atoms with van der Waals surface area (Å²) in [6, 6.07) is 0. The molecule has 0 spiro atoms. The summed E-state index contributed by atoms with van der Waals surface area (Å²) in [6.07, 6.45) is 17.3. The third-order valence-electron chi connectivity index (χ3n) is 3.83. The molecule has 0 aromatic heterocycles. The van der Waals surface area contributed by atoms with Crippen LogP contribution in [0.4, 0.5) is 0 Å². The second kappa shape index (κ2) is 11.1. The van der Waals surface area contributed by atoms with Crippen LogP contribution < -0.4 is 0 Å². The summed E-state index contributed by atoms with van der Waals surface area (Å²) in [5, 5.41) is 0. The lowest BCUT2D eigenvalue weighted by Gasteiger charge is -2.09. The topological polar surface area (TPSA) is 26.3 Å². The van der Waals surface area contributed by atoms with Crippen molar-refractivity contribution in [3.8, 4) is 0 Å². The van der Waals surface area contributed by atoms with Crippen molar-refractivity contribution < 1.29 is 9.53 Å². The number of carbonyl (C=O) groups is 1. The number of allylic oxidation sites excluding steroid dienone is 2. The molecule has 0 bridgehead atoms. The van der Waals surface area contributed by atoms with Gasteiger partial charge in [0.15, 0.2) is 0 Å². The van der Waals surface area contributed by atoms with Gasteiger partial charge in [-0.2, -0.15) is 0 Å². The maximum absolute atomic E-state index is 11.5. The molecule has 1 unspecified atom stereocenters. The van der Waals surface area contributed by atoms with Crippen LogP contribution in [0.25, 0.3) is 0 Å². The first-order valence-corrected chi connectivity index (χ1v) is 8.09. The van der Waals surface area contributed by atoms with Gasteiger partial charge in [-0.1, -0.05) is 51.2 Å². The molecule has 0 saturated heterocycles. The van der Waals surface area contributed by atoms with E-state index in [0.29, 0.717) is 18.9 Å². The summed E-state index contributed by atoms with van der Waals surface area (Å²) in [4.78, 5) is 11.5. The molecule has 2 nitrogen and oxygen atoms in total. The van der Waals surface area contributed by atoms with Gasteiger partial charge in [0.2, 0.25) is 0 Å². The van der Waals surface area contributed by atoms with E-state index in [-0.39, 0.29) is 5.97 Å². The van der Waals surface area contributed by atoms with E-state index in [0.717, 1.165) is 19.3 Å². The lowest BCUT2D eigenvalue weighted by molar-refractivity contribution is -0.144. The van der Waals surface area contributed by atoms with E-state index in [1.165, 1.54) is 44.9 Å². The van der Waals surface area contributed by atoms with Gasteiger partial charge in [-0.3, -0.25) is 4.79 Å². The van der Waals surface area contributed by atoms with Crippen LogP contribution in [0.2, 0.25) is 0 Å². The standard InChI is InChI=1S/C17H30O2/c1-16-12-10-8-6-4-2-3-5-7-9-11-13-17(18)19-15-14-16/h8,10,16H,2-7,9,11-15H2,1H3/b10-8-. The molecule has 0 saturated carbocycles. The van der Waals surface area contributed by atoms with E-state index >= 15 is 0 Å². The van der Waals surface area contributed by atoms with Crippen molar-refractivity contribution in [3.63, 3.8) is 0 Å². The summed E-state index contributed by atoms with van der Waals surface area (Å²) in [5.41, 5.74) is 0. The van der Waals surface area contributed by atoms with Crippen LogP contribution in [-0.2, 0) is 9.53 Å². The SMILES string of the molecule is CC1C/C=C\CCCCCCCCCC(=O)OCC1. The number of ether oxygens (including phenoxy) is 1. The Morgan fingerprint density at radius 2 is 1.68 bits per heavy atom. The van der Waals surface area contributed by atoms with Crippen LogP contribution >= 0.6 is 0 Å². The lowest BCUT2D eigenvalue weighted by atomic mass is 10.0. The summed E-state index contributed by atoms with van der Waals surface area (Å²) in [6.45, 7) is 2.82. The van der Waals surface area contributed by atoms with Crippen LogP contribution in [0, 0.1) is 5.92 Å². The van der Waals surface area contributed by atoms with Gasteiger partial charge in [0.05, 0.1) is 6.61 Å². The summed E-state index contributed by atoms with van der Waals surface area (Å²) in [7, 11) is 0. The lowest BCUT2D eigenvalue weighted by Crippen LogP contribution is -2.08. The van der Waals surface area contributed by atoms with Crippen molar-refractivity contribution in [2.45, 2.75) is 77.6 Å². The van der Waals surface area contributed by atoms with Crippen LogP contribution in [0.15, 0.2) is 12.2 Å². The summed E-state index contributed by atoms with van der Waals surface area (Å²) >= 11 is 0. The molecule has 110 valence electrons. The van der Waals surface area contributed by atoms with Crippen molar-refractivity contribution in [2.75, 3.05) is 6.61 Å². The molecule has 0 N–H and O–H groups in total. The minimum atomic E-state index is -0.00735. The summed E-state index contributed by atoms with van der Waals surface area (Å²) in [5.74, 6) is 0.604. The quantitative estimate of drug-likeness (QED) is 0.454. The summed E-state index contributed by atoms with van der Waals surface area (Å²) < 4.78 is 5.27. The Morgan fingerprint density at radius 3 is 2.47 bits per heavy atom. The zero-order valence-electron chi connectivity index (χ0n) is 12.5. The zero-order chi connectivity index (χ0) is 13.8. The number of hydrogen-bond donors (Lipinski definition) is 0. The van der Waals surface area contributed by atoms with E-state index in [4.69, 9.17) is 4.74 Å². The Balaban J connectivity index is 2.27. The molecule has 19 heavy (non-hydrogen) atoms. The van der Waals surface area contributed by atoms with E-state index in [1.54, 1.807) is 0 Å². The van der Waals surface area contributed by atoms with Gasteiger partial charge >= 0.3 is 5.97 Å². The highest BCUT2D eigenvalue weighted by molar-refractivity contribution is 5.69. The van der Waals surface area contributed by atoms with Gasteiger partial charge in [0.25, 0.3) is 0 Å². The monoisotopic (exact) mass is 266 g/mol. The molecule has 1 aliphatic rings. The highest BCUT2D eigenvalue weighted by atomic mass is 16.5. The van der Waals surface area contributed by atoms with E-state index in [9.17, 15) is 4.79 Å². The maximum atomic E-state index is 11.5. The third kappa shape index (κ3) is 9.75. The molecule has 0 aromatic rings. The minimum Gasteiger partial charge on any atom is -0.466 e. The van der Waals surface area contributed by atoms with Crippen molar-refractivity contribution in [2.24, 2.45) is 5.92 Å². The molecule has 0 amide bonds. The molecule has 1 aliphatic heterocycles. The number of cyclic esters (lactones) is 1. The second-order valence-corrected chi connectivity index (χ2v) is 5.83. The van der Waals surface area contributed by atoms with Gasteiger partial charge in [0.1, 0.15) is 0 Å². The average Bonchev–Trinajstić information content (AvgIpc) is 2.39. The Morgan fingerprint density at radius 1 is 1.00 bits per heavy atom. The predicted octanol–water partition coefficient (Wildman–Crippen LogP) is 5.03. The Labute approximate surface area is 118 Å². The fourth-order valence-corrected chi connectivity index (χ4v) is 2.43. The first kappa shape index (κ1) is 16.3. The molecule has 1 rings (SSSR count).